The first-order chi connectivity index (χ1) is 7.29. The van der Waals surface area contributed by atoms with Crippen LogP contribution in [0.2, 0.25) is 0 Å². The smallest absolute Gasteiger partial charge is 0.204 e. The van der Waals surface area contributed by atoms with Crippen LogP contribution in [0, 0.1) is 3.95 Å². The monoisotopic (exact) mass is 257 g/mol. The number of H-pyrrole nitrogens is 1. The molecule has 0 unspecified atom stereocenters. The van der Waals surface area contributed by atoms with E-state index in [-0.39, 0.29) is 0 Å². The lowest BCUT2D eigenvalue weighted by Gasteiger charge is -2.01. The highest BCUT2D eigenvalue weighted by Crippen LogP contribution is 2.19. The molecule has 0 amide bonds. The molecule has 6 heteroatoms. The van der Waals surface area contributed by atoms with E-state index >= 15 is 0 Å². The number of nitrogens with zero attached hydrogens (tertiary/aromatic N) is 1. The van der Waals surface area contributed by atoms with Crippen molar-refractivity contribution in [3.05, 3.63) is 25.8 Å². The van der Waals surface area contributed by atoms with Crippen molar-refractivity contribution >= 4 is 40.0 Å². The molecule has 0 aliphatic rings. The van der Waals surface area contributed by atoms with Crippen molar-refractivity contribution in [2.24, 2.45) is 0 Å². The molecule has 2 N–H and O–H groups in total. The average Bonchev–Trinajstić information content (AvgIpc) is 2.83. The maximum absolute atomic E-state index is 4.96. The molecular weight excluding hydrogens is 246 g/mol. The van der Waals surface area contributed by atoms with Gasteiger partial charge in [0.05, 0.1) is 6.54 Å². The first kappa shape index (κ1) is 10.8. The van der Waals surface area contributed by atoms with Crippen LogP contribution in [0.5, 0.6) is 0 Å². The van der Waals surface area contributed by atoms with Crippen molar-refractivity contribution in [1.29, 1.82) is 0 Å². The number of aromatic amines is 1. The van der Waals surface area contributed by atoms with Gasteiger partial charge < -0.3 is 5.32 Å². The molecule has 2 rings (SSSR count). The first-order valence-corrected chi connectivity index (χ1v) is 6.74. The van der Waals surface area contributed by atoms with Crippen LogP contribution in [0.15, 0.2) is 11.4 Å². The number of hydrogen-bond donors (Lipinski definition) is 2. The zero-order valence-electron chi connectivity index (χ0n) is 8.24. The second kappa shape index (κ2) is 4.87. The number of hydrogen-bond acceptors (Lipinski definition) is 5. The van der Waals surface area contributed by atoms with E-state index in [4.69, 9.17) is 12.2 Å². The molecule has 0 fully saturated rings. The molecular formula is C9H11N3S3. The lowest BCUT2D eigenvalue weighted by atomic mass is 10.2. The van der Waals surface area contributed by atoms with Crippen LogP contribution in [-0.4, -0.2) is 10.2 Å². The summed E-state index contributed by atoms with van der Waals surface area (Å²) in [5.74, 6) is 0. The lowest BCUT2D eigenvalue weighted by molar-refractivity contribution is 1.03. The van der Waals surface area contributed by atoms with E-state index in [2.05, 4.69) is 33.9 Å². The van der Waals surface area contributed by atoms with E-state index in [0.717, 1.165) is 18.1 Å². The fourth-order valence-electron chi connectivity index (χ4n) is 1.30. The highest BCUT2D eigenvalue weighted by molar-refractivity contribution is 7.73. The van der Waals surface area contributed by atoms with Gasteiger partial charge in [-0.25, -0.2) is 0 Å². The van der Waals surface area contributed by atoms with Gasteiger partial charge in [-0.2, -0.15) is 0 Å². The Bertz CT molecular complexity index is 483. The van der Waals surface area contributed by atoms with Crippen molar-refractivity contribution in [2.75, 3.05) is 5.32 Å². The third kappa shape index (κ3) is 2.64. The normalized spacial score (nSPS) is 10.5. The number of rotatable bonds is 4. The third-order valence-corrected chi connectivity index (χ3v) is 4.07. The molecule has 0 saturated carbocycles. The molecule has 0 spiro atoms. The van der Waals surface area contributed by atoms with Gasteiger partial charge in [0.2, 0.25) is 5.13 Å². The van der Waals surface area contributed by atoms with E-state index in [1.165, 1.54) is 21.8 Å². The van der Waals surface area contributed by atoms with E-state index < -0.39 is 0 Å². The zero-order chi connectivity index (χ0) is 10.7. The number of nitrogens with one attached hydrogen (secondary N) is 2. The minimum atomic E-state index is 0.708. The lowest BCUT2D eigenvalue weighted by Crippen LogP contribution is -1.99. The van der Waals surface area contributed by atoms with Crippen LogP contribution >= 0.6 is 34.9 Å². The van der Waals surface area contributed by atoms with Gasteiger partial charge in [-0.05, 0) is 35.6 Å². The van der Waals surface area contributed by atoms with Gasteiger partial charge in [0.1, 0.15) is 0 Å². The molecule has 2 aromatic rings. The Balaban J connectivity index is 2.01. The van der Waals surface area contributed by atoms with E-state index in [0.29, 0.717) is 3.95 Å². The molecule has 2 aromatic heterocycles. The SMILES string of the molecule is CCc1ccsc1CNc1n[nH]c(=S)s1. The van der Waals surface area contributed by atoms with Gasteiger partial charge in [-0.3, -0.25) is 5.10 Å². The maximum atomic E-state index is 4.96. The second-order valence-corrected chi connectivity index (χ2v) is 5.66. The van der Waals surface area contributed by atoms with Gasteiger partial charge in [0.15, 0.2) is 3.95 Å². The van der Waals surface area contributed by atoms with Crippen LogP contribution in [0.4, 0.5) is 5.13 Å². The molecule has 2 heterocycles. The van der Waals surface area contributed by atoms with E-state index in [9.17, 15) is 0 Å². The molecule has 0 atom stereocenters. The van der Waals surface area contributed by atoms with Gasteiger partial charge >= 0.3 is 0 Å². The number of anilines is 1. The summed E-state index contributed by atoms with van der Waals surface area (Å²) in [6.45, 7) is 3.00. The molecule has 0 radical (unpaired) electrons. The van der Waals surface area contributed by atoms with E-state index in [1.54, 1.807) is 11.3 Å². The van der Waals surface area contributed by atoms with Crippen molar-refractivity contribution in [2.45, 2.75) is 19.9 Å². The zero-order valence-corrected chi connectivity index (χ0v) is 10.7. The molecule has 0 saturated heterocycles. The van der Waals surface area contributed by atoms with Crippen molar-refractivity contribution < 1.29 is 0 Å². The fraction of sp³-hybridized carbons (Fsp3) is 0.333. The Morgan fingerprint density at radius 1 is 1.60 bits per heavy atom. The Morgan fingerprint density at radius 3 is 3.13 bits per heavy atom. The maximum Gasteiger partial charge on any atom is 0.204 e. The summed E-state index contributed by atoms with van der Waals surface area (Å²) < 4.78 is 0.708. The Labute approximate surface area is 101 Å². The highest BCUT2D eigenvalue weighted by atomic mass is 32.1. The van der Waals surface area contributed by atoms with Crippen molar-refractivity contribution in [1.82, 2.24) is 10.2 Å². The van der Waals surface area contributed by atoms with E-state index in [1.807, 2.05) is 0 Å². The topological polar surface area (TPSA) is 40.7 Å². The standard InChI is InChI=1S/C9H11N3S3/c1-2-6-3-4-14-7(6)5-10-8-11-12-9(13)15-8/h3-4H,2,5H2,1H3,(H,10,11)(H,12,13). The molecule has 0 aromatic carbocycles. The third-order valence-electron chi connectivity index (χ3n) is 2.06. The summed E-state index contributed by atoms with van der Waals surface area (Å²) >= 11 is 8.20. The Morgan fingerprint density at radius 2 is 2.47 bits per heavy atom. The molecule has 0 aliphatic carbocycles. The first-order valence-electron chi connectivity index (χ1n) is 4.64. The Kier molecular flexibility index (Phi) is 3.50. The summed E-state index contributed by atoms with van der Waals surface area (Å²) in [5, 5.41) is 13.1. The second-order valence-electron chi connectivity index (χ2n) is 2.99. The highest BCUT2D eigenvalue weighted by Gasteiger charge is 2.03. The minimum Gasteiger partial charge on any atom is -0.355 e. The average molecular weight is 257 g/mol. The molecule has 0 aliphatic heterocycles. The van der Waals surface area contributed by atoms with Gasteiger partial charge in [-0.1, -0.05) is 18.3 Å². The summed E-state index contributed by atoms with van der Waals surface area (Å²) in [6, 6.07) is 2.17. The summed E-state index contributed by atoms with van der Waals surface area (Å²) in [7, 11) is 0. The molecule has 15 heavy (non-hydrogen) atoms. The predicted molar refractivity (Wildman–Crippen MR) is 68.3 cm³/mol. The quantitative estimate of drug-likeness (QED) is 0.824. The van der Waals surface area contributed by atoms with Crippen LogP contribution in [-0.2, 0) is 13.0 Å². The number of aromatic nitrogens is 2. The predicted octanol–water partition coefficient (Wildman–Crippen LogP) is 3.44. The van der Waals surface area contributed by atoms with Crippen LogP contribution in [0.1, 0.15) is 17.4 Å². The summed E-state index contributed by atoms with van der Waals surface area (Å²) in [4.78, 5) is 1.37. The van der Waals surface area contributed by atoms with Crippen LogP contribution < -0.4 is 5.32 Å². The van der Waals surface area contributed by atoms with Crippen LogP contribution in [0.25, 0.3) is 0 Å². The largest absolute Gasteiger partial charge is 0.355 e. The van der Waals surface area contributed by atoms with Gasteiger partial charge in [-0.15, -0.1) is 16.4 Å². The van der Waals surface area contributed by atoms with Gasteiger partial charge in [0, 0.05) is 4.88 Å². The molecule has 80 valence electrons. The molecule has 0 bridgehead atoms. The summed E-state index contributed by atoms with van der Waals surface area (Å²) in [5.41, 5.74) is 1.41. The van der Waals surface area contributed by atoms with Gasteiger partial charge in [0.25, 0.3) is 0 Å². The molecule has 3 nitrogen and oxygen atoms in total. The fourth-order valence-corrected chi connectivity index (χ4v) is 3.00. The Hall–Kier alpha value is -0.720. The van der Waals surface area contributed by atoms with Crippen molar-refractivity contribution in [3.63, 3.8) is 0 Å². The van der Waals surface area contributed by atoms with Crippen LogP contribution in [0.3, 0.4) is 0 Å². The number of thiophene rings is 1. The minimum absolute atomic E-state index is 0.708. The number of aryl methyl sites for hydroxylation is 1. The van der Waals surface area contributed by atoms with Crippen molar-refractivity contribution in [3.8, 4) is 0 Å². The summed E-state index contributed by atoms with van der Waals surface area (Å²) in [6.07, 6.45) is 1.08.